The normalized spacial score (nSPS) is 19.4. The van der Waals surface area contributed by atoms with Gasteiger partial charge >= 0.3 is 0 Å². The maximum Gasteiger partial charge on any atom is 0.246 e. The number of unbranched alkanes of at least 4 members (excludes halogenated alkanes) is 1. The highest BCUT2D eigenvalue weighted by molar-refractivity contribution is 6.00. The number of hydrogen-bond acceptors (Lipinski definition) is 18. The minimum atomic E-state index is -1.80. The molecule has 24 N–H and O–H groups in total. The standard InChI is InChI=1S/C82H116N20O15/c1-5-49(4)69-80(116)93-57(70(85)106)35-36-66(104)88-38-20-18-32-58(72(108)91-46-67(105)92-59(74(110)101-69)33-21-39-89-82(86)87)94-75(111)61(42-51-25-11-7-12-26-51)96-73(109)60(31-17-19-37-83)95-78(114)64(47-103)99-76(112)62(43-52-27-13-8-14-28-52)97-77(113)63(44-53-45-90-56-30-16-15-29-54(53)56)98-79(115)65-34-22-40-102(65)81(117)68(48(2)3)100-71(107)55(84)41-50-23-9-6-10-24-50/h6-16,23-30,45,48-49,55,57-65,68-69,90,103H,5,17-22,31-44,46-47,83-84H2,1-4H3,(H2,85,106)(H,88,104)(H,91,108)(H,92,105)(H,93,116)(H,94,111)(H,95,114)(H,96,109)(H,97,113)(H,98,115)(H,99,112)(H,100,107)(H,101,110)(H4,86,87,89)/t49-,55-,57-,58+,59-,60-,61-,62-,63-,64-,65-,68-,69-/m0/s1. The van der Waals surface area contributed by atoms with Gasteiger partial charge < -0.3 is 107 Å². The molecule has 0 spiro atoms. The van der Waals surface area contributed by atoms with Crippen molar-refractivity contribution in [2.24, 2.45) is 34.8 Å². The molecule has 2 aliphatic rings. The number of likely N-dealkylation sites (tertiary alicyclic amines) is 1. The van der Waals surface area contributed by atoms with Crippen molar-refractivity contribution in [3.8, 4) is 0 Å². The lowest BCUT2D eigenvalue weighted by molar-refractivity contribution is -0.143. The molecule has 1 aromatic heterocycles. The highest BCUT2D eigenvalue weighted by atomic mass is 16.3. The third kappa shape index (κ3) is 29.4. The number of benzene rings is 4. The summed E-state index contributed by atoms with van der Waals surface area (Å²) >= 11 is 0. The minimum absolute atomic E-state index is 0.0530. The SMILES string of the molecule is CC[C@H](C)[C@@H]1NC(=O)[C@H](CCCNC(=N)N)NC(=O)CNC(=O)[C@H](NC(=O)[C@H](Cc2ccccc2)NC(=O)[C@H](CCCCN)NC(=O)[C@H](CO)NC(=O)[C@H](Cc2ccccc2)NC(=O)[C@H](Cc2c[nH]c3ccccc23)NC(=O)[C@@H]2CCCN2C(=O)[C@@H](NC(=O)[C@@H](N)Cc2ccccc2)C(C)C)CCCCNC(=O)CC[C@@H](C(N)=O)NC1=O. The molecule has 5 aromatic rings. The molecule has 14 amide bonds. The number of carbonyl (C=O) groups is 14. The number of para-hydroxylation sites is 1. The van der Waals surface area contributed by atoms with E-state index in [1.54, 1.807) is 101 Å². The van der Waals surface area contributed by atoms with Gasteiger partial charge in [0.25, 0.3) is 0 Å². The van der Waals surface area contributed by atoms with E-state index < -0.39 is 180 Å². The first-order valence-electron chi connectivity index (χ1n) is 40.1. The molecule has 4 aromatic carbocycles. The van der Waals surface area contributed by atoms with Gasteiger partial charge in [0.05, 0.1) is 19.2 Å². The number of aliphatic hydroxyl groups excluding tert-OH is 1. The van der Waals surface area contributed by atoms with Crippen LogP contribution in [-0.4, -0.2) is 215 Å². The smallest absolute Gasteiger partial charge is 0.246 e. The summed E-state index contributed by atoms with van der Waals surface area (Å²) in [7, 11) is 0. The summed E-state index contributed by atoms with van der Waals surface area (Å²) < 4.78 is 0. The predicted molar refractivity (Wildman–Crippen MR) is 436 cm³/mol. The van der Waals surface area contributed by atoms with Crippen LogP contribution in [0.1, 0.15) is 133 Å². The molecule has 117 heavy (non-hydrogen) atoms. The monoisotopic (exact) mass is 1620 g/mol. The summed E-state index contributed by atoms with van der Waals surface area (Å²) in [5.41, 5.74) is 26.7. The van der Waals surface area contributed by atoms with Crippen LogP contribution in [0.3, 0.4) is 0 Å². The van der Waals surface area contributed by atoms with E-state index in [4.69, 9.17) is 28.3 Å². The lowest BCUT2D eigenvalue weighted by Gasteiger charge is -2.32. The van der Waals surface area contributed by atoms with Crippen molar-refractivity contribution >= 4 is 99.6 Å². The number of rotatable bonds is 36. The lowest BCUT2D eigenvalue weighted by Crippen LogP contribution is -2.61. The van der Waals surface area contributed by atoms with Gasteiger partial charge in [-0.1, -0.05) is 143 Å². The molecule has 2 saturated heterocycles. The molecule has 0 saturated carbocycles. The van der Waals surface area contributed by atoms with Crippen molar-refractivity contribution < 1.29 is 72.2 Å². The number of nitrogens with one attached hydrogen (secondary N) is 15. The molecule has 35 nitrogen and oxygen atoms in total. The molecule has 0 radical (unpaired) electrons. The summed E-state index contributed by atoms with van der Waals surface area (Å²) in [6.07, 6.45) is 2.81. The second kappa shape index (κ2) is 47.2. The van der Waals surface area contributed by atoms with Crippen LogP contribution in [0.15, 0.2) is 121 Å². The zero-order valence-electron chi connectivity index (χ0n) is 66.8. The number of aliphatic hydroxyl groups is 1. The molecule has 7 rings (SSSR count). The highest BCUT2D eigenvalue weighted by Gasteiger charge is 2.42. The van der Waals surface area contributed by atoms with Crippen LogP contribution >= 0.6 is 0 Å². The second-order valence-corrected chi connectivity index (χ2v) is 30.0. The van der Waals surface area contributed by atoms with Crippen LogP contribution in [0.5, 0.6) is 0 Å². The summed E-state index contributed by atoms with van der Waals surface area (Å²) in [5, 5.41) is 54.2. The maximum absolute atomic E-state index is 15.2. The summed E-state index contributed by atoms with van der Waals surface area (Å²) in [6, 6.07) is 17.3. The third-order valence-corrected chi connectivity index (χ3v) is 20.7. The quantitative estimate of drug-likeness (QED) is 0.0122. The van der Waals surface area contributed by atoms with Crippen LogP contribution in [0.2, 0.25) is 0 Å². The molecular formula is C82H116N20O15. The third-order valence-electron chi connectivity index (χ3n) is 20.7. The number of carbonyl (C=O) groups excluding carboxylic acids is 14. The Morgan fingerprint density at radius 2 is 1.17 bits per heavy atom. The van der Waals surface area contributed by atoms with Gasteiger partial charge in [-0.05, 0) is 124 Å². The molecule has 0 bridgehead atoms. The van der Waals surface area contributed by atoms with Crippen molar-refractivity contribution in [2.45, 2.75) is 209 Å². The number of hydrogen-bond donors (Lipinski definition) is 20. The van der Waals surface area contributed by atoms with Crippen LogP contribution in [-0.2, 0) is 92.8 Å². The average Bonchev–Trinajstić information content (AvgIpc) is 1.68. The Kier molecular flexibility index (Phi) is 37.3. The first kappa shape index (κ1) is 92.3. The zero-order chi connectivity index (χ0) is 85.1. The fourth-order valence-electron chi connectivity index (χ4n) is 13.8. The Hall–Kier alpha value is -11.8. The van der Waals surface area contributed by atoms with Crippen LogP contribution in [0, 0.1) is 17.2 Å². The first-order valence-corrected chi connectivity index (χ1v) is 40.1. The van der Waals surface area contributed by atoms with Gasteiger partial charge in [-0.3, -0.25) is 72.5 Å². The predicted octanol–water partition coefficient (Wildman–Crippen LogP) is -1.63. The van der Waals surface area contributed by atoms with Crippen molar-refractivity contribution in [2.75, 3.05) is 39.3 Å². The maximum atomic E-state index is 15.2. The molecule has 634 valence electrons. The number of guanidine groups is 1. The van der Waals surface area contributed by atoms with Crippen LogP contribution in [0.4, 0.5) is 0 Å². The second-order valence-electron chi connectivity index (χ2n) is 30.0. The Labute approximate surface area is 680 Å². The van der Waals surface area contributed by atoms with E-state index in [1.807, 2.05) is 48.5 Å². The topological polar surface area (TPSA) is 563 Å². The van der Waals surface area contributed by atoms with Gasteiger partial charge in [0, 0.05) is 62.4 Å². The van der Waals surface area contributed by atoms with E-state index in [9.17, 15) is 67.4 Å². The average molecular weight is 1620 g/mol. The van der Waals surface area contributed by atoms with Gasteiger partial charge in [0.2, 0.25) is 82.7 Å². The van der Waals surface area contributed by atoms with E-state index >= 15 is 4.79 Å². The number of primary amides is 1. The Morgan fingerprint density at radius 1 is 0.590 bits per heavy atom. The molecule has 2 fully saturated rings. The van der Waals surface area contributed by atoms with E-state index in [1.165, 1.54) is 4.90 Å². The van der Waals surface area contributed by atoms with Gasteiger partial charge in [-0.2, -0.15) is 0 Å². The molecule has 2 aliphatic heterocycles. The number of fused-ring (bicyclic) bond motifs is 1. The van der Waals surface area contributed by atoms with Gasteiger partial charge in [-0.15, -0.1) is 0 Å². The van der Waals surface area contributed by atoms with Crippen LogP contribution in [0.25, 0.3) is 10.9 Å². The Bertz CT molecular complexity index is 4190. The van der Waals surface area contributed by atoms with E-state index in [0.717, 1.165) is 16.5 Å². The summed E-state index contributed by atoms with van der Waals surface area (Å²) in [4.78, 5) is 204. The molecule has 35 heteroatoms. The molecule has 3 heterocycles. The van der Waals surface area contributed by atoms with Crippen LogP contribution < -0.4 is 92.1 Å². The zero-order valence-corrected chi connectivity index (χ0v) is 66.8. The largest absolute Gasteiger partial charge is 0.394 e. The fraction of sp³-hybridized carbons (Fsp3) is 0.500. The van der Waals surface area contributed by atoms with Crippen molar-refractivity contribution in [1.82, 2.24) is 79.0 Å². The van der Waals surface area contributed by atoms with Crippen molar-refractivity contribution in [3.05, 3.63) is 144 Å². The van der Waals surface area contributed by atoms with Crippen molar-refractivity contribution in [1.29, 1.82) is 5.41 Å². The first-order chi connectivity index (χ1) is 56.1. The minimum Gasteiger partial charge on any atom is -0.394 e. The lowest BCUT2D eigenvalue weighted by atomic mass is 9.96. The number of amides is 14. The number of nitrogens with zero attached hydrogens (tertiary/aromatic N) is 1. The van der Waals surface area contributed by atoms with Gasteiger partial charge in [0.1, 0.15) is 66.5 Å². The number of aromatic amines is 1. The Balaban J connectivity index is 1.10. The van der Waals surface area contributed by atoms with Gasteiger partial charge in [0.15, 0.2) is 5.96 Å². The molecule has 13 atom stereocenters. The van der Waals surface area contributed by atoms with E-state index in [0.29, 0.717) is 36.0 Å². The molecular weight excluding hydrogens is 1510 g/mol. The van der Waals surface area contributed by atoms with Gasteiger partial charge in [-0.25, -0.2) is 0 Å². The summed E-state index contributed by atoms with van der Waals surface area (Å²) in [6.45, 7) is 5.67. The Morgan fingerprint density at radius 3 is 1.78 bits per heavy atom. The van der Waals surface area contributed by atoms with E-state index in [-0.39, 0.29) is 122 Å². The fourth-order valence-corrected chi connectivity index (χ4v) is 13.8. The molecule has 0 unspecified atom stereocenters. The molecule has 0 aliphatic carbocycles. The van der Waals surface area contributed by atoms with Crippen molar-refractivity contribution in [3.63, 3.8) is 0 Å². The number of H-pyrrole nitrogens is 1. The number of aromatic nitrogens is 1. The number of nitrogens with two attached hydrogens (primary N) is 4. The summed E-state index contributed by atoms with van der Waals surface area (Å²) in [5.74, 6) is -12.5. The van der Waals surface area contributed by atoms with E-state index in [2.05, 4.69) is 74.1 Å². The highest BCUT2D eigenvalue weighted by Crippen LogP contribution is 2.24.